The van der Waals surface area contributed by atoms with E-state index in [1.165, 1.54) is 19.3 Å². The van der Waals surface area contributed by atoms with Gasteiger partial charge in [0.25, 0.3) is 0 Å². The maximum absolute atomic E-state index is 9.71. The molecule has 0 amide bonds. The Balaban J connectivity index is 0.000000437. The number of nitrogens with zero attached hydrogens (tertiary/aromatic N) is 1. The van der Waals surface area contributed by atoms with Crippen molar-refractivity contribution in [1.82, 2.24) is 0 Å². The molecule has 1 fully saturated rings. The summed E-state index contributed by atoms with van der Waals surface area (Å²) in [5.74, 6) is 0.357. The van der Waals surface area contributed by atoms with Crippen LogP contribution in [0.4, 0.5) is 0 Å². The van der Waals surface area contributed by atoms with Gasteiger partial charge in [-0.1, -0.05) is 12.1 Å². The Hall–Kier alpha value is 0.153. The van der Waals surface area contributed by atoms with E-state index in [-0.39, 0.29) is 0 Å². The van der Waals surface area contributed by atoms with Crippen molar-refractivity contribution in [2.75, 3.05) is 0 Å². The molecular weight excluding hydrogens is 336 g/mol. The number of hydrogen-bond acceptors (Lipinski definition) is 2. The second kappa shape index (κ2) is 8.29. The zero-order valence-corrected chi connectivity index (χ0v) is 13.6. The number of phenols is 1. The van der Waals surface area contributed by atoms with Crippen molar-refractivity contribution in [2.45, 2.75) is 32.2 Å². The number of rotatable bonds is 2. The van der Waals surface area contributed by atoms with Crippen LogP contribution in [0.3, 0.4) is 0 Å². The van der Waals surface area contributed by atoms with Crippen molar-refractivity contribution in [2.24, 2.45) is 4.99 Å². The van der Waals surface area contributed by atoms with Gasteiger partial charge >= 0.3 is 37.9 Å². The summed E-state index contributed by atoms with van der Waals surface area (Å²) in [7, 11) is 9.87. The first-order valence-corrected chi connectivity index (χ1v) is 11.8. The number of aromatic hydroxyl groups is 1. The van der Waals surface area contributed by atoms with Crippen LogP contribution >= 0.6 is 17.0 Å². The zero-order chi connectivity index (χ0) is 12.7. The number of hydrogen-bond donors (Lipinski definition) is 1. The van der Waals surface area contributed by atoms with Crippen LogP contribution in [0.1, 0.15) is 30.4 Å². The summed E-state index contributed by atoms with van der Waals surface area (Å²) in [4.78, 5) is 4.42. The van der Waals surface area contributed by atoms with Gasteiger partial charge in [-0.2, -0.15) is 0 Å². The first kappa shape index (κ1) is 15.2. The SMILES string of the molecule is Cc1cccc(C=NC2CCC2)c1O.[Cl][Zr][Cl]. The second-order valence-corrected chi connectivity index (χ2v) is 7.68. The van der Waals surface area contributed by atoms with Crippen LogP contribution in [0.2, 0.25) is 0 Å². The molecule has 2 nitrogen and oxygen atoms in total. The van der Waals surface area contributed by atoms with Gasteiger partial charge in [-0.05, 0) is 37.8 Å². The fraction of sp³-hybridized carbons (Fsp3) is 0.417. The summed E-state index contributed by atoms with van der Waals surface area (Å²) in [5, 5.41) is 9.71. The molecule has 0 bridgehead atoms. The van der Waals surface area contributed by atoms with Gasteiger partial charge in [-0.25, -0.2) is 0 Å². The van der Waals surface area contributed by atoms with Crippen LogP contribution in [0, 0.1) is 6.92 Å². The van der Waals surface area contributed by atoms with Gasteiger partial charge in [-0.3, -0.25) is 4.99 Å². The number of aryl methyl sites for hydroxylation is 1. The first-order valence-electron chi connectivity index (χ1n) is 5.47. The molecule has 0 aliphatic heterocycles. The molecule has 17 heavy (non-hydrogen) atoms. The Labute approximate surface area is 121 Å². The van der Waals surface area contributed by atoms with Crippen LogP contribution in [0.25, 0.3) is 0 Å². The van der Waals surface area contributed by atoms with Gasteiger partial charge in [-0.15, -0.1) is 0 Å². The number of aliphatic imine (C=N–C) groups is 1. The van der Waals surface area contributed by atoms with Crippen molar-refractivity contribution >= 4 is 23.2 Å². The Morgan fingerprint density at radius 3 is 2.59 bits per heavy atom. The molecule has 1 saturated carbocycles. The van der Waals surface area contributed by atoms with E-state index >= 15 is 0 Å². The summed E-state index contributed by atoms with van der Waals surface area (Å²) in [6.07, 6.45) is 5.49. The summed E-state index contributed by atoms with van der Waals surface area (Å²) in [6, 6.07) is 6.23. The van der Waals surface area contributed by atoms with E-state index in [1.54, 1.807) is 6.21 Å². The van der Waals surface area contributed by atoms with Crippen LogP contribution in [0.5, 0.6) is 5.75 Å². The first-order chi connectivity index (χ1) is 8.19. The van der Waals surface area contributed by atoms with Gasteiger partial charge < -0.3 is 5.11 Å². The van der Waals surface area contributed by atoms with Crippen molar-refractivity contribution in [3.63, 3.8) is 0 Å². The summed E-state index contributed by atoms with van der Waals surface area (Å²) in [6.45, 7) is 1.90. The molecule has 0 saturated heterocycles. The third kappa shape index (κ3) is 5.11. The molecule has 0 heterocycles. The van der Waals surface area contributed by atoms with Gasteiger partial charge in [0.05, 0.1) is 0 Å². The third-order valence-corrected chi connectivity index (χ3v) is 2.77. The van der Waals surface area contributed by atoms with E-state index in [0.717, 1.165) is 11.1 Å². The number of para-hydroxylation sites is 1. The molecule has 1 aromatic rings. The fourth-order valence-corrected chi connectivity index (χ4v) is 1.51. The van der Waals surface area contributed by atoms with Crippen LogP contribution in [-0.4, -0.2) is 17.4 Å². The normalized spacial score (nSPS) is 15.0. The predicted octanol–water partition coefficient (Wildman–Crippen LogP) is 4.05. The summed E-state index contributed by atoms with van der Waals surface area (Å²) in [5.41, 5.74) is 1.74. The van der Waals surface area contributed by atoms with Gasteiger partial charge in [0.1, 0.15) is 5.75 Å². The molecule has 1 aromatic carbocycles. The van der Waals surface area contributed by atoms with Crippen LogP contribution < -0.4 is 0 Å². The summed E-state index contributed by atoms with van der Waals surface area (Å²) < 4.78 is 0. The maximum atomic E-state index is 9.71. The van der Waals surface area contributed by atoms with Gasteiger partial charge in [0.15, 0.2) is 0 Å². The Kier molecular flexibility index (Phi) is 7.42. The number of phenolic OH excluding ortho intramolecular Hbond substituents is 1. The molecule has 0 spiro atoms. The van der Waals surface area contributed by atoms with E-state index in [9.17, 15) is 5.11 Å². The monoisotopic (exact) mass is 349 g/mol. The second-order valence-electron chi connectivity index (χ2n) is 3.95. The van der Waals surface area contributed by atoms with Gasteiger partial charge in [0.2, 0.25) is 0 Å². The zero-order valence-electron chi connectivity index (χ0n) is 9.66. The predicted molar refractivity (Wildman–Crippen MR) is 69.8 cm³/mol. The third-order valence-electron chi connectivity index (χ3n) is 2.77. The van der Waals surface area contributed by atoms with E-state index in [0.29, 0.717) is 11.8 Å². The molecular formula is C12H15Cl2NOZr. The van der Waals surface area contributed by atoms with Crippen LogP contribution in [-0.2, 0) is 20.8 Å². The molecule has 2 rings (SSSR count). The number of halogens is 2. The molecule has 0 unspecified atom stereocenters. The quantitative estimate of drug-likeness (QED) is 0.801. The Morgan fingerprint density at radius 2 is 2.06 bits per heavy atom. The standard InChI is InChI=1S/C12H15NO.2ClH.Zr/c1-9-4-2-5-10(12(9)14)8-13-11-6-3-7-11;;;/h2,4-5,8,11,14H,3,6-7H2,1H3;2*1H;/q;;;+2/p-2. The molecule has 1 aliphatic carbocycles. The molecule has 0 atom stereocenters. The molecule has 0 radical (unpaired) electrons. The minimum atomic E-state index is -0.826. The molecule has 92 valence electrons. The Bertz CT molecular complexity index is 381. The fourth-order valence-electron chi connectivity index (χ4n) is 1.51. The van der Waals surface area contributed by atoms with E-state index in [2.05, 4.69) is 4.99 Å². The average Bonchev–Trinajstić information content (AvgIpc) is 2.23. The van der Waals surface area contributed by atoms with Crippen LogP contribution in [0.15, 0.2) is 23.2 Å². The summed E-state index contributed by atoms with van der Waals surface area (Å²) >= 11 is -0.826. The topological polar surface area (TPSA) is 32.6 Å². The van der Waals surface area contributed by atoms with Crippen molar-refractivity contribution in [3.05, 3.63) is 29.3 Å². The Morgan fingerprint density at radius 1 is 1.41 bits per heavy atom. The van der Waals surface area contributed by atoms with Gasteiger partial charge in [0, 0.05) is 17.8 Å². The van der Waals surface area contributed by atoms with Crippen molar-refractivity contribution in [1.29, 1.82) is 0 Å². The molecule has 5 heteroatoms. The molecule has 1 N–H and O–H groups in total. The van der Waals surface area contributed by atoms with E-state index in [4.69, 9.17) is 17.0 Å². The molecule has 1 aliphatic rings. The average molecular weight is 351 g/mol. The molecule has 0 aromatic heterocycles. The van der Waals surface area contributed by atoms with E-state index in [1.807, 2.05) is 25.1 Å². The number of benzene rings is 1. The van der Waals surface area contributed by atoms with Crippen molar-refractivity contribution < 1.29 is 26.0 Å². The minimum absolute atomic E-state index is 0.357. The van der Waals surface area contributed by atoms with E-state index < -0.39 is 20.8 Å². The van der Waals surface area contributed by atoms with Crippen molar-refractivity contribution in [3.8, 4) is 5.75 Å².